The molecule has 4 nitrogen and oxygen atoms in total. The third-order valence-electron chi connectivity index (χ3n) is 3.69. The molecule has 5 heteroatoms. The van der Waals surface area contributed by atoms with Gasteiger partial charge in [0.25, 0.3) is 5.91 Å². The highest BCUT2D eigenvalue weighted by Crippen LogP contribution is 2.20. The number of carbonyl (C=O) groups is 2. The molecule has 0 saturated carbocycles. The lowest BCUT2D eigenvalue weighted by atomic mass is 9.90. The monoisotopic (exact) mass is 414 g/mol. The number of carbonyl (C=O) groups excluding carboxylic acids is 2. The van der Waals surface area contributed by atoms with E-state index >= 15 is 0 Å². The summed E-state index contributed by atoms with van der Waals surface area (Å²) in [5.74, 6) is -0.495. The van der Waals surface area contributed by atoms with Gasteiger partial charge in [0, 0.05) is 27.3 Å². The summed E-state index contributed by atoms with van der Waals surface area (Å²) in [5.41, 5.74) is 2.13. The zero-order valence-corrected chi connectivity index (χ0v) is 17.0. The number of ketones is 1. The zero-order valence-electron chi connectivity index (χ0n) is 15.4. The Kier molecular flexibility index (Phi) is 6.37. The number of benzene rings is 2. The second kappa shape index (κ2) is 8.32. The van der Waals surface area contributed by atoms with E-state index in [2.05, 4.69) is 26.6 Å². The van der Waals surface area contributed by atoms with Gasteiger partial charge in [0.1, 0.15) is 5.70 Å². The smallest absolute Gasteiger partial charge is 0.272 e. The third-order valence-corrected chi connectivity index (χ3v) is 4.22. The van der Waals surface area contributed by atoms with Gasteiger partial charge in [0.15, 0.2) is 5.78 Å². The number of hydrogen-bond donors (Lipinski definition) is 2. The normalized spacial score (nSPS) is 11.8. The molecular formula is C21H23BrN2O2. The standard InChI is InChI=1S/C21H23BrN2O2/c1-14-5-9-17(10-6-14)24-20(26)18(13-19(25)21(2,3)4)23-16-11-7-15(22)8-12-16/h5-13,23H,1-4H3,(H,24,26). The van der Waals surface area contributed by atoms with Crippen molar-refractivity contribution in [2.45, 2.75) is 27.7 Å². The van der Waals surface area contributed by atoms with E-state index in [1.54, 1.807) is 0 Å². The van der Waals surface area contributed by atoms with Gasteiger partial charge in [-0.05, 0) is 43.3 Å². The molecule has 0 unspecified atom stereocenters. The van der Waals surface area contributed by atoms with E-state index in [-0.39, 0.29) is 17.4 Å². The van der Waals surface area contributed by atoms with Crippen LogP contribution in [0.15, 0.2) is 64.8 Å². The Balaban J connectivity index is 2.27. The van der Waals surface area contributed by atoms with Crippen LogP contribution in [-0.2, 0) is 9.59 Å². The van der Waals surface area contributed by atoms with Crippen molar-refractivity contribution in [3.8, 4) is 0 Å². The molecule has 26 heavy (non-hydrogen) atoms. The Hall–Kier alpha value is -2.40. The predicted octanol–water partition coefficient (Wildman–Crippen LogP) is 5.31. The first-order chi connectivity index (χ1) is 12.1. The van der Waals surface area contributed by atoms with E-state index in [1.165, 1.54) is 6.08 Å². The maximum atomic E-state index is 12.7. The highest BCUT2D eigenvalue weighted by Gasteiger charge is 2.22. The minimum Gasteiger partial charge on any atom is -0.351 e. The van der Waals surface area contributed by atoms with Gasteiger partial charge < -0.3 is 10.6 Å². The largest absolute Gasteiger partial charge is 0.351 e. The van der Waals surface area contributed by atoms with Gasteiger partial charge in [-0.15, -0.1) is 0 Å². The molecule has 2 N–H and O–H groups in total. The second-order valence-corrected chi connectivity index (χ2v) is 8.04. The molecule has 0 bridgehead atoms. The van der Waals surface area contributed by atoms with Crippen molar-refractivity contribution in [2.75, 3.05) is 10.6 Å². The van der Waals surface area contributed by atoms with Gasteiger partial charge in [-0.25, -0.2) is 0 Å². The lowest BCUT2D eigenvalue weighted by Crippen LogP contribution is -2.24. The number of anilines is 2. The van der Waals surface area contributed by atoms with Crippen LogP contribution in [0.25, 0.3) is 0 Å². The van der Waals surface area contributed by atoms with Crippen molar-refractivity contribution in [3.05, 3.63) is 70.3 Å². The summed E-state index contributed by atoms with van der Waals surface area (Å²) in [6.45, 7) is 7.44. The average molecular weight is 415 g/mol. The number of hydrogen-bond acceptors (Lipinski definition) is 3. The Morgan fingerprint density at radius 3 is 1.92 bits per heavy atom. The maximum Gasteiger partial charge on any atom is 0.272 e. The molecule has 0 aromatic heterocycles. The van der Waals surface area contributed by atoms with Crippen molar-refractivity contribution < 1.29 is 9.59 Å². The molecule has 136 valence electrons. The van der Waals surface area contributed by atoms with Crippen molar-refractivity contribution in [3.63, 3.8) is 0 Å². The number of allylic oxidation sites excluding steroid dienone is 1. The molecule has 1 amide bonds. The van der Waals surface area contributed by atoms with Gasteiger partial charge in [-0.1, -0.05) is 54.4 Å². The fourth-order valence-corrected chi connectivity index (χ4v) is 2.29. The van der Waals surface area contributed by atoms with Gasteiger partial charge in [-0.3, -0.25) is 9.59 Å². The minimum atomic E-state index is -0.573. The van der Waals surface area contributed by atoms with E-state index < -0.39 is 5.41 Å². The highest BCUT2D eigenvalue weighted by molar-refractivity contribution is 9.10. The van der Waals surface area contributed by atoms with Crippen LogP contribution in [0.3, 0.4) is 0 Å². The van der Waals surface area contributed by atoms with Crippen molar-refractivity contribution in [1.82, 2.24) is 0 Å². The molecule has 0 fully saturated rings. The summed E-state index contributed by atoms with van der Waals surface area (Å²) in [4.78, 5) is 25.1. The van der Waals surface area contributed by atoms with Crippen LogP contribution in [-0.4, -0.2) is 11.7 Å². The maximum absolute atomic E-state index is 12.7. The zero-order chi connectivity index (χ0) is 19.3. The molecule has 2 rings (SSSR count). The van der Waals surface area contributed by atoms with Gasteiger partial charge in [-0.2, -0.15) is 0 Å². The quantitative estimate of drug-likeness (QED) is 0.651. The van der Waals surface area contributed by atoms with Crippen LogP contribution in [0.4, 0.5) is 11.4 Å². The summed E-state index contributed by atoms with van der Waals surface area (Å²) in [6.07, 6.45) is 1.37. The van der Waals surface area contributed by atoms with Crippen LogP contribution >= 0.6 is 15.9 Å². The van der Waals surface area contributed by atoms with E-state index in [0.29, 0.717) is 5.69 Å². The molecule has 0 aliphatic heterocycles. The summed E-state index contributed by atoms with van der Waals surface area (Å²) in [5, 5.41) is 5.87. The molecule has 0 heterocycles. The second-order valence-electron chi connectivity index (χ2n) is 7.12. The van der Waals surface area contributed by atoms with Crippen molar-refractivity contribution >= 4 is 39.0 Å². The van der Waals surface area contributed by atoms with E-state index in [0.717, 1.165) is 15.7 Å². The van der Waals surface area contributed by atoms with Crippen LogP contribution in [0.5, 0.6) is 0 Å². The fourth-order valence-electron chi connectivity index (χ4n) is 2.03. The number of rotatable bonds is 5. The Morgan fingerprint density at radius 1 is 0.885 bits per heavy atom. The van der Waals surface area contributed by atoms with Crippen molar-refractivity contribution in [2.24, 2.45) is 5.41 Å². The summed E-state index contributed by atoms with van der Waals surface area (Å²) < 4.78 is 0.934. The van der Waals surface area contributed by atoms with Gasteiger partial charge in [0.05, 0.1) is 0 Å². The molecular weight excluding hydrogens is 392 g/mol. The molecule has 2 aromatic rings. The minimum absolute atomic E-state index is 0.129. The molecule has 0 spiro atoms. The Labute approximate surface area is 162 Å². The molecule has 0 radical (unpaired) electrons. The van der Waals surface area contributed by atoms with E-state index in [9.17, 15) is 9.59 Å². The molecule has 2 aromatic carbocycles. The van der Waals surface area contributed by atoms with Crippen LogP contribution in [0.2, 0.25) is 0 Å². The first-order valence-corrected chi connectivity index (χ1v) is 9.11. The third kappa shape index (κ3) is 5.85. The lowest BCUT2D eigenvalue weighted by Gasteiger charge is -2.16. The van der Waals surface area contributed by atoms with Crippen LogP contribution in [0.1, 0.15) is 26.3 Å². The van der Waals surface area contributed by atoms with E-state index in [4.69, 9.17) is 0 Å². The SMILES string of the molecule is Cc1ccc(NC(=O)C(=CC(=O)C(C)(C)C)Nc2ccc(Br)cc2)cc1. The first kappa shape index (κ1) is 19.9. The summed E-state index contributed by atoms with van der Waals surface area (Å²) in [7, 11) is 0. The van der Waals surface area contributed by atoms with E-state index in [1.807, 2.05) is 76.2 Å². The van der Waals surface area contributed by atoms with Crippen LogP contribution in [0, 0.1) is 12.3 Å². The fraction of sp³-hybridized carbons (Fsp3) is 0.238. The van der Waals surface area contributed by atoms with Crippen molar-refractivity contribution in [1.29, 1.82) is 0 Å². The topological polar surface area (TPSA) is 58.2 Å². The average Bonchev–Trinajstić information content (AvgIpc) is 2.57. The Morgan fingerprint density at radius 2 is 1.38 bits per heavy atom. The Bertz CT molecular complexity index is 817. The number of amides is 1. The molecule has 0 atom stereocenters. The number of halogens is 1. The number of aryl methyl sites for hydroxylation is 1. The first-order valence-electron chi connectivity index (χ1n) is 8.32. The summed E-state index contributed by atoms with van der Waals surface area (Å²) >= 11 is 3.38. The van der Waals surface area contributed by atoms with Crippen LogP contribution < -0.4 is 10.6 Å². The number of nitrogens with one attached hydrogen (secondary N) is 2. The highest BCUT2D eigenvalue weighted by atomic mass is 79.9. The molecule has 0 aliphatic rings. The summed E-state index contributed by atoms with van der Waals surface area (Å²) in [6, 6.07) is 14.9. The predicted molar refractivity (Wildman–Crippen MR) is 110 cm³/mol. The lowest BCUT2D eigenvalue weighted by molar-refractivity contribution is -0.122. The molecule has 0 aliphatic carbocycles. The van der Waals surface area contributed by atoms with Gasteiger partial charge in [0.2, 0.25) is 0 Å². The van der Waals surface area contributed by atoms with Gasteiger partial charge >= 0.3 is 0 Å². The molecule has 0 saturated heterocycles.